The summed E-state index contributed by atoms with van der Waals surface area (Å²) in [4.78, 5) is 38.0. The molecule has 116 valence electrons. The Morgan fingerprint density at radius 2 is 2.05 bits per heavy atom. The number of carbonyl (C=O) groups is 3. The fraction of sp³-hybridized carbons (Fsp3) is 0.471. The van der Waals surface area contributed by atoms with Crippen LogP contribution in [0.2, 0.25) is 0 Å². The molecule has 2 amide bonds. The molecule has 3 rings (SSSR count). The Morgan fingerprint density at radius 1 is 1.27 bits per heavy atom. The first-order chi connectivity index (χ1) is 10.4. The van der Waals surface area contributed by atoms with Crippen molar-refractivity contribution in [2.75, 3.05) is 13.1 Å². The molecule has 0 radical (unpaired) electrons. The first-order valence-electron chi connectivity index (χ1n) is 7.67. The first kappa shape index (κ1) is 14.8. The third kappa shape index (κ3) is 2.30. The molecule has 1 unspecified atom stereocenters. The number of piperidine rings is 1. The summed E-state index contributed by atoms with van der Waals surface area (Å²) in [6.45, 7) is 2.78. The maximum Gasteiger partial charge on any atom is 0.254 e. The molecule has 1 heterocycles. The lowest BCUT2D eigenvalue weighted by Gasteiger charge is -2.38. The van der Waals surface area contributed by atoms with E-state index >= 15 is 0 Å². The van der Waals surface area contributed by atoms with Gasteiger partial charge in [0.25, 0.3) is 5.91 Å². The maximum atomic E-state index is 12.8. The largest absolute Gasteiger partial charge is 0.369 e. The summed E-state index contributed by atoms with van der Waals surface area (Å²) in [5.74, 6) is -0.359. The fourth-order valence-electron chi connectivity index (χ4n) is 3.48. The van der Waals surface area contributed by atoms with Crippen molar-refractivity contribution in [3.8, 4) is 0 Å². The van der Waals surface area contributed by atoms with Crippen molar-refractivity contribution in [2.45, 2.75) is 32.6 Å². The van der Waals surface area contributed by atoms with Gasteiger partial charge < -0.3 is 10.6 Å². The Hall–Kier alpha value is -2.17. The summed E-state index contributed by atoms with van der Waals surface area (Å²) >= 11 is 0. The van der Waals surface area contributed by atoms with Crippen molar-refractivity contribution in [1.29, 1.82) is 0 Å². The molecular formula is C17H20N2O3. The van der Waals surface area contributed by atoms with Crippen LogP contribution in [0, 0.1) is 5.41 Å². The number of likely N-dealkylation sites (tertiary alicyclic amines) is 1. The van der Waals surface area contributed by atoms with Gasteiger partial charge in [0, 0.05) is 30.6 Å². The zero-order valence-electron chi connectivity index (χ0n) is 12.7. The second-order valence-electron chi connectivity index (χ2n) is 6.51. The van der Waals surface area contributed by atoms with E-state index in [0.29, 0.717) is 43.5 Å². The minimum Gasteiger partial charge on any atom is -0.369 e. The van der Waals surface area contributed by atoms with Crippen LogP contribution in [0.5, 0.6) is 0 Å². The second kappa shape index (κ2) is 5.23. The van der Waals surface area contributed by atoms with Gasteiger partial charge in [0.15, 0.2) is 5.78 Å². The normalized spacial score (nSPS) is 24.2. The van der Waals surface area contributed by atoms with Crippen molar-refractivity contribution < 1.29 is 14.4 Å². The summed E-state index contributed by atoms with van der Waals surface area (Å²) in [5, 5.41) is 0. The molecule has 0 spiro atoms. The highest BCUT2D eigenvalue weighted by molar-refractivity contribution is 6.05. The highest BCUT2D eigenvalue weighted by Crippen LogP contribution is 2.32. The van der Waals surface area contributed by atoms with Crippen LogP contribution in [0.25, 0.3) is 0 Å². The number of hydrogen-bond donors (Lipinski definition) is 1. The van der Waals surface area contributed by atoms with Gasteiger partial charge in [0.2, 0.25) is 5.91 Å². The first-order valence-corrected chi connectivity index (χ1v) is 7.67. The third-order valence-electron chi connectivity index (χ3n) is 4.89. The van der Waals surface area contributed by atoms with Crippen LogP contribution in [0.1, 0.15) is 52.5 Å². The van der Waals surface area contributed by atoms with Crippen LogP contribution in [-0.4, -0.2) is 35.6 Å². The van der Waals surface area contributed by atoms with Gasteiger partial charge in [-0.25, -0.2) is 0 Å². The lowest BCUT2D eigenvalue weighted by molar-refractivity contribution is -0.129. The van der Waals surface area contributed by atoms with Gasteiger partial charge in [-0.05, 0) is 37.8 Å². The molecule has 22 heavy (non-hydrogen) atoms. The Labute approximate surface area is 129 Å². The van der Waals surface area contributed by atoms with Crippen molar-refractivity contribution in [1.82, 2.24) is 4.90 Å². The van der Waals surface area contributed by atoms with Gasteiger partial charge in [-0.3, -0.25) is 14.4 Å². The quantitative estimate of drug-likeness (QED) is 0.899. The second-order valence-corrected chi connectivity index (χ2v) is 6.51. The molecule has 1 aliphatic heterocycles. The Bertz CT molecular complexity index is 668. The number of primary amides is 1. The minimum absolute atomic E-state index is 0.0984. The molecule has 0 saturated carbocycles. The van der Waals surface area contributed by atoms with Gasteiger partial charge in [-0.2, -0.15) is 0 Å². The molecule has 1 saturated heterocycles. The van der Waals surface area contributed by atoms with Crippen molar-refractivity contribution in [3.05, 3.63) is 34.9 Å². The average Bonchev–Trinajstić information content (AvgIpc) is 2.88. The summed E-state index contributed by atoms with van der Waals surface area (Å²) in [7, 11) is 0. The van der Waals surface area contributed by atoms with E-state index in [1.807, 2.05) is 6.92 Å². The molecule has 1 aromatic rings. The predicted molar refractivity (Wildman–Crippen MR) is 81.5 cm³/mol. The standard InChI is InChI=1S/C17H20N2O3/c1-17(16(18)22)8-3-9-19(10-17)15(21)13-5-2-4-12-11(13)6-7-14(12)20/h2,4-5H,3,6-10H2,1H3,(H2,18,22). The minimum atomic E-state index is -0.665. The number of Topliss-reactive ketones (excluding diaryl/α,β-unsaturated/α-hetero) is 1. The molecule has 1 aromatic carbocycles. The number of ketones is 1. The number of hydrogen-bond acceptors (Lipinski definition) is 3. The van der Waals surface area contributed by atoms with E-state index in [1.54, 1.807) is 23.1 Å². The van der Waals surface area contributed by atoms with E-state index in [-0.39, 0.29) is 17.6 Å². The zero-order chi connectivity index (χ0) is 15.9. The lowest BCUT2D eigenvalue weighted by atomic mass is 9.81. The van der Waals surface area contributed by atoms with Crippen molar-refractivity contribution in [2.24, 2.45) is 11.1 Å². The molecule has 1 fully saturated rings. The van der Waals surface area contributed by atoms with E-state index in [4.69, 9.17) is 5.73 Å². The Balaban J connectivity index is 1.89. The van der Waals surface area contributed by atoms with Crippen LogP contribution >= 0.6 is 0 Å². The van der Waals surface area contributed by atoms with E-state index in [1.165, 1.54) is 0 Å². The maximum absolute atomic E-state index is 12.8. The molecule has 0 aromatic heterocycles. The molecule has 2 N–H and O–H groups in total. The summed E-state index contributed by atoms with van der Waals surface area (Å²) in [6, 6.07) is 5.31. The average molecular weight is 300 g/mol. The number of amides is 2. The highest BCUT2D eigenvalue weighted by atomic mass is 16.2. The van der Waals surface area contributed by atoms with Gasteiger partial charge >= 0.3 is 0 Å². The number of fused-ring (bicyclic) bond motifs is 1. The fourth-order valence-corrected chi connectivity index (χ4v) is 3.48. The van der Waals surface area contributed by atoms with Gasteiger partial charge in [0.05, 0.1) is 5.41 Å². The summed E-state index contributed by atoms with van der Waals surface area (Å²) < 4.78 is 0. The molecular weight excluding hydrogens is 280 g/mol. The number of rotatable bonds is 2. The topological polar surface area (TPSA) is 80.5 Å². The molecule has 1 aliphatic carbocycles. The van der Waals surface area contributed by atoms with E-state index in [9.17, 15) is 14.4 Å². The Kier molecular flexibility index (Phi) is 3.51. The van der Waals surface area contributed by atoms with Crippen molar-refractivity contribution >= 4 is 17.6 Å². The summed E-state index contributed by atoms with van der Waals surface area (Å²) in [6.07, 6.45) is 2.56. The molecule has 5 heteroatoms. The van der Waals surface area contributed by atoms with Crippen LogP contribution in [0.4, 0.5) is 0 Å². The number of nitrogens with two attached hydrogens (primary N) is 1. The molecule has 2 aliphatic rings. The number of nitrogens with zero attached hydrogens (tertiary/aromatic N) is 1. The van der Waals surface area contributed by atoms with Gasteiger partial charge in [-0.15, -0.1) is 0 Å². The molecule has 0 bridgehead atoms. The molecule has 5 nitrogen and oxygen atoms in total. The third-order valence-corrected chi connectivity index (χ3v) is 4.89. The SMILES string of the molecule is CC1(C(N)=O)CCCN(C(=O)c2cccc3c2CCC3=O)C1. The van der Waals surface area contributed by atoms with Gasteiger partial charge in [-0.1, -0.05) is 12.1 Å². The van der Waals surface area contributed by atoms with Crippen LogP contribution in [0.15, 0.2) is 18.2 Å². The zero-order valence-corrected chi connectivity index (χ0v) is 12.7. The van der Waals surface area contributed by atoms with E-state index in [2.05, 4.69) is 0 Å². The van der Waals surface area contributed by atoms with Crippen LogP contribution in [0.3, 0.4) is 0 Å². The van der Waals surface area contributed by atoms with Gasteiger partial charge in [0.1, 0.15) is 0 Å². The smallest absolute Gasteiger partial charge is 0.254 e. The van der Waals surface area contributed by atoms with Crippen LogP contribution < -0.4 is 5.73 Å². The lowest BCUT2D eigenvalue weighted by Crippen LogP contribution is -2.50. The number of benzene rings is 1. The van der Waals surface area contributed by atoms with E-state index in [0.717, 1.165) is 12.0 Å². The predicted octanol–water partition coefficient (Wildman–Crippen LogP) is 1.54. The summed E-state index contributed by atoms with van der Waals surface area (Å²) in [5.41, 5.74) is 6.94. The monoisotopic (exact) mass is 300 g/mol. The van der Waals surface area contributed by atoms with E-state index < -0.39 is 5.41 Å². The Morgan fingerprint density at radius 3 is 2.77 bits per heavy atom. The number of carbonyl (C=O) groups excluding carboxylic acids is 3. The molecule has 1 atom stereocenters. The highest BCUT2D eigenvalue weighted by Gasteiger charge is 2.38. The van der Waals surface area contributed by atoms with Crippen LogP contribution in [-0.2, 0) is 11.2 Å². The van der Waals surface area contributed by atoms with Crippen molar-refractivity contribution in [3.63, 3.8) is 0 Å².